The second-order valence-corrected chi connectivity index (χ2v) is 11.1. The SMILES string of the molecule is C[C@@H]1C[C@H](C)CN(c2nc(-c3ccc(Cl)cc3)c(-c3ccc(S(N)(=O)=O)cc3)s2)C1. The second kappa shape index (κ2) is 8.30. The van der Waals surface area contributed by atoms with E-state index in [1.807, 2.05) is 24.3 Å². The molecule has 1 fully saturated rings. The first-order valence-electron chi connectivity index (χ1n) is 9.85. The number of rotatable bonds is 4. The predicted molar refractivity (Wildman–Crippen MR) is 125 cm³/mol. The number of sulfonamides is 1. The molecule has 3 aromatic rings. The molecule has 1 aromatic heterocycles. The van der Waals surface area contributed by atoms with Gasteiger partial charge in [0.1, 0.15) is 0 Å². The summed E-state index contributed by atoms with van der Waals surface area (Å²) in [5, 5.41) is 6.91. The Kier molecular flexibility index (Phi) is 5.90. The summed E-state index contributed by atoms with van der Waals surface area (Å²) in [4.78, 5) is 8.47. The standard InChI is InChI=1S/C22H24ClN3O2S2/c1-14-11-15(2)13-26(12-14)22-25-20(16-3-7-18(23)8-4-16)21(29-22)17-5-9-19(10-6-17)30(24,27)28/h3-10,14-15H,11-13H2,1-2H3,(H2,24,27,28)/t14-,15+. The Bertz CT molecular complexity index is 1130. The molecule has 0 bridgehead atoms. The van der Waals surface area contributed by atoms with Crippen molar-refractivity contribution >= 4 is 38.1 Å². The maximum absolute atomic E-state index is 11.6. The number of primary sulfonamides is 1. The van der Waals surface area contributed by atoms with E-state index < -0.39 is 10.0 Å². The maximum atomic E-state index is 11.6. The number of nitrogens with two attached hydrogens (primary N) is 1. The van der Waals surface area contributed by atoms with Gasteiger partial charge in [0.25, 0.3) is 0 Å². The van der Waals surface area contributed by atoms with Crippen molar-refractivity contribution in [1.29, 1.82) is 0 Å². The zero-order valence-corrected chi connectivity index (χ0v) is 19.3. The van der Waals surface area contributed by atoms with Crippen LogP contribution in [0.3, 0.4) is 0 Å². The lowest BCUT2D eigenvalue weighted by Crippen LogP contribution is -2.38. The van der Waals surface area contributed by atoms with Crippen molar-refractivity contribution in [3.05, 3.63) is 53.6 Å². The fourth-order valence-electron chi connectivity index (χ4n) is 4.06. The van der Waals surface area contributed by atoms with Crippen LogP contribution in [0.4, 0.5) is 5.13 Å². The Hall–Kier alpha value is -1.93. The number of nitrogens with zero attached hydrogens (tertiary/aromatic N) is 2. The number of aromatic nitrogens is 1. The van der Waals surface area contributed by atoms with Crippen molar-refractivity contribution in [3.8, 4) is 21.7 Å². The van der Waals surface area contributed by atoms with Gasteiger partial charge in [-0.3, -0.25) is 0 Å². The van der Waals surface area contributed by atoms with Gasteiger partial charge in [-0.25, -0.2) is 18.5 Å². The van der Waals surface area contributed by atoms with Gasteiger partial charge in [0.2, 0.25) is 10.0 Å². The molecule has 1 aliphatic rings. The molecule has 1 saturated heterocycles. The van der Waals surface area contributed by atoms with Gasteiger partial charge in [-0.2, -0.15) is 0 Å². The van der Waals surface area contributed by atoms with Gasteiger partial charge >= 0.3 is 0 Å². The molecule has 2 N–H and O–H groups in total. The molecule has 0 aliphatic carbocycles. The van der Waals surface area contributed by atoms with Crippen LogP contribution in [0.5, 0.6) is 0 Å². The zero-order valence-electron chi connectivity index (χ0n) is 16.9. The molecule has 8 heteroatoms. The molecule has 30 heavy (non-hydrogen) atoms. The zero-order chi connectivity index (χ0) is 21.5. The van der Waals surface area contributed by atoms with Crippen LogP contribution in [0, 0.1) is 11.8 Å². The summed E-state index contributed by atoms with van der Waals surface area (Å²) < 4.78 is 23.2. The quantitative estimate of drug-likeness (QED) is 0.574. The summed E-state index contributed by atoms with van der Waals surface area (Å²) in [7, 11) is -3.73. The highest BCUT2D eigenvalue weighted by Crippen LogP contribution is 2.42. The third-order valence-corrected chi connectivity index (χ3v) is 7.66. The lowest BCUT2D eigenvalue weighted by molar-refractivity contribution is 0.356. The van der Waals surface area contributed by atoms with E-state index in [-0.39, 0.29) is 4.90 Å². The minimum absolute atomic E-state index is 0.0997. The Labute approximate surface area is 186 Å². The number of benzene rings is 2. The third-order valence-electron chi connectivity index (χ3n) is 5.32. The number of halogens is 1. The Morgan fingerprint density at radius 3 is 2.13 bits per heavy atom. The maximum Gasteiger partial charge on any atom is 0.238 e. The molecular formula is C22H24ClN3O2S2. The van der Waals surface area contributed by atoms with Crippen molar-refractivity contribution in [1.82, 2.24) is 4.98 Å². The van der Waals surface area contributed by atoms with E-state index in [9.17, 15) is 8.42 Å². The molecule has 2 atom stereocenters. The first-order chi connectivity index (χ1) is 14.2. The van der Waals surface area contributed by atoms with Crippen molar-refractivity contribution in [2.45, 2.75) is 25.2 Å². The average molecular weight is 462 g/mol. The van der Waals surface area contributed by atoms with Gasteiger partial charge in [-0.05, 0) is 48.1 Å². The highest BCUT2D eigenvalue weighted by Gasteiger charge is 2.26. The number of hydrogen-bond donors (Lipinski definition) is 1. The van der Waals surface area contributed by atoms with Crippen LogP contribution in [-0.4, -0.2) is 26.5 Å². The number of anilines is 1. The van der Waals surface area contributed by atoms with Crippen LogP contribution in [-0.2, 0) is 10.0 Å². The topological polar surface area (TPSA) is 76.3 Å². The van der Waals surface area contributed by atoms with Crippen LogP contribution < -0.4 is 10.0 Å². The van der Waals surface area contributed by atoms with Crippen LogP contribution >= 0.6 is 22.9 Å². The third kappa shape index (κ3) is 4.54. The molecule has 4 rings (SSSR count). The van der Waals surface area contributed by atoms with Crippen molar-refractivity contribution < 1.29 is 8.42 Å². The number of thiazole rings is 1. The average Bonchev–Trinajstić information content (AvgIpc) is 3.13. The fourth-order valence-corrected chi connectivity index (χ4v) is 5.81. The molecule has 5 nitrogen and oxygen atoms in total. The lowest BCUT2D eigenvalue weighted by atomic mass is 9.92. The highest BCUT2D eigenvalue weighted by atomic mass is 35.5. The van der Waals surface area contributed by atoms with E-state index in [0.29, 0.717) is 16.9 Å². The normalized spacial score (nSPS) is 19.8. The molecule has 0 saturated carbocycles. The van der Waals surface area contributed by atoms with Crippen molar-refractivity contribution in [2.24, 2.45) is 17.0 Å². The van der Waals surface area contributed by atoms with E-state index >= 15 is 0 Å². The molecule has 0 amide bonds. The summed E-state index contributed by atoms with van der Waals surface area (Å²) in [5.74, 6) is 1.24. The minimum atomic E-state index is -3.73. The summed E-state index contributed by atoms with van der Waals surface area (Å²) in [5.41, 5.74) is 2.76. The molecular weight excluding hydrogens is 438 g/mol. The van der Waals surface area contributed by atoms with E-state index in [0.717, 1.165) is 39.9 Å². The smallest absolute Gasteiger partial charge is 0.238 e. The Morgan fingerprint density at radius 2 is 1.57 bits per heavy atom. The molecule has 1 aliphatic heterocycles. The van der Waals surface area contributed by atoms with E-state index in [1.54, 1.807) is 35.6 Å². The van der Waals surface area contributed by atoms with Gasteiger partial charge in [0.05, 0.1) is 15.5 Å². The summed E-state index contributed by atoms with van der Waals surface area (Å²) in [6.07, 6.45) is 1.23. The molecule has 2 aromatic carbocycles. The molecule has 0 unspecified atom stereocenters. The highest BCUT2D eigenvalue weighted by molar-refractivity contribution is 7.89. The number of hydrogen-bond acceptors (Lipinski definition) is 5. The lowest BCUT2D eigenvalue weighted by Gasteiger charge is -2.34. The Morgan fingerprint density at radius 1 is 1.00 bits per heavy atom. The first-order valence-corrected chi connectivity index (χ1v) is 12.6. The van der Waals surface area contributed by atoms with Crippen LogP contribution in [0.15, 0.2) is 53.4 Å². The fraction of sp³-hybridized carbons (Fsp3) is 0.318. The van der Waals surface area contributed by atoms with Crippen LogP contribution in [0.1, 0.15) is 20.3 Å². The molecule has 158 valence electrons. The largest absolute Gasteiger partial charge is 0.348 e. The Balaban J connectivity index is 1.79. The van der Waals surface area contributed by atoms with Gasteiger partial charge in [-0.1, -0.05) is 61.1 Å². The van der Waals surface area contributed by atoms with Crippen molar-refractivity contribution in [2.75, 3.05) is 18.0 Å². The molecule has 2 heterocycles. The van der Waals surface area contributed by atoms with Gasteiger partial charge in [-0.15, -0.1) is 0 Å². The van der Waals surface area contributed by atoms with E-state index in [4.69, 9.17) is 21.7 Å². The van der Waals surface area contributed by atoms with E-state index in [1.165, 1.54) is 6.42 Å². The van der Waals surface area contributed by atoms with Crippen molar-refractivity contribution in [3.63, 3.8) is 0 Å². The van der Waals surface area contributed by atoms with Crippen LogP contribution in [0.2, 0.25) is 5.02 Å². The summed E-state index contributed by atoms with van der Waals surface area (Å²) in [6, 6.07) is 14.3. The second-order valence-electron chi connectivity index (χ2n) is 8.10. The van der Waals surface area contributed by atoms with E-state index in [2.05, 4.69) is 18.7 Å². The van der Waals surface area contributed by atoms with Gasteiger partial charge < -0.3 is 4.90 Å². The van der Waals surface area contributed by atoms with Crippen LogP contribution in [0.25, 0.3) is 21.7 Å². The predicted octanol–water partition coefficient (Wildman–Crippen LogP) is 5.26. The number of piperidine rings is 1. The molecule has 0 radical (unpaired) electrons. The van der Waals surface area contributed by atoms with Gasteiger partial charge in [0.15, 0.2) is 5.13 Å². The summed E-state index contributed by atoms with van der Waals surface area (Å²) >= 11 is 7.72. The van der Waals surface area contributed by atoms with Gasteiger partial charge in [0, 0.05) is 23.7 Å². The first kappa shape index (κ1) is 21.3. The monoisotopic (exact) mass is 461 g/mol. The molecule has 0 spiro atoms. The summed E-state index contributed by atoms with van der Waals surface area (Å²) in [6.45, 7) is 6.54. The minimum Gasteiger partial charge on any atom is -0.348 e.